The van der Waals surface area contributed by atoms with Crippen molar-refractivity contribution in [2.24, 2.45) is 0 Å². The Balaban J connectivity index is 2.31. The van der Waals surface area contributed by atoms with E-state index >= 15 is 0 Å². The molecule has 0 spiro atoms. The van der Waals surface area contributed by atoms with Crippen molar-refractivity contribution in [1.29, 1.82) is 0 Å². The predicted molar refractivity (Wildman–Crippen MR) is 74.2 cm³/mol. The van der Waals surface area contributed by atoms with Crippen molar-refractivity contribution >= 4 is 27.5 Å². The molecule has 0 unspecified atom stereocenters. The van der Waals surface area contributed by atoms with Crippen LogP contribution in [0.3, 0.4) is 0 Å². The van der Waals surface area contributed by atoms with Gasteiger partial charge < -0.3 is 15.4 Å². The summed E-state index contributed by atoms with van der Waals surface area (Å²) in [6, 6.07) is 6.08. The minimum atomic E-state index is -3.96. The Morgan fingerprint density at radius 1 is 1.48 bits per heavy atom. The number of aryl methyl sites for hydroxylation is 1. The highest BCUT2D eigenvalue weighted by Crippen LogP contribution is 2.24. The minimum absolute atomic E-state index is 0.0710. The van der Waals surface area contributed by atoms with Gasteiger partial charge in [-0.15, -0.1) is 0 Å². The maximum atomic E-state index is 12.2. The van der Waals surface area contributed by atoms with Crippen LogP contribution in [0.5, 0.6) is 0 Å². The number of aliphatic carboxylic acids is 1. The summed E-state index contributed by atoms with van der Waals surface area (Å²) in [4.78, 5) is 10.4. The summed E-state index contributed by atoms with van der Waals surface area (Å²) < 4.78 is 31.5. The van der Waals surface area contributed by atoms with Gasteiger partial charge >= 0.3 is 5.97 Å². The quantitative estimate of drug-likeness (QED) is 0.749. The number of nitrogen functional groups attached to an aromatic ring is 1. The summed E-state index contributed by atoms with van der Waals surface area (Å²) in [7, 11) is -3.96. The first-order valence-corrected chi connectivity index (χ1v) is 7.33. The van der Waals surface area contributed by atoms with Gasteiger partial charge in [-0.1, -0.05) is 17.3 Å². The van der Waals surface area contributed by atoms with E-state index in [2.05, 4.69) is 9.88 Å². The van der Waals surface area contributed by atoms with E-state index in [0.717, 1.165) is 0 Å². The van der Waals surface area contributed by atoms with E-state index in [4.69, 9.17) is 15.4 Å². The molecule has 2 aromatic rings. The maximum Gasteiger partial charge on any atom is 0.307 e. The highest BCUT2D eigenvalue weighted by atomic mass is 32.2. The van der Waals surface area contributed by atoms with Crippen LogP contribution in [0.25, 0.3) is 0 Å². The number of carbonyl (C=O) groups is 1. The van der Waals surface area contributed by atoms with Gasteiger partial charge in [-0.2, -0.15) is 0 Å². The fourth-order valence-electron chi connectivity index (χ4n) is 1.83. The Morgan fingerprint density at radius 3 is 2.76 bits per heavy atom. The summed E-state index contributed by atoms with van der Waals surface area (Å²) in [6.07, 6.45) is -0.204. The smallest absolute Gasteiger partial charge is 0.307 e. The van der Waals surface area contributed by atoms with E-state index in [1.807, 2.05) is 0 Å². The molecule has 2 rings (SSSR count). The lowest BCUT2D eigenvalue weighted by molar-refractivity contribution is -0.136. The van der Waals surface area contributed by atoms with Crippen molar-refractivity contribution in [3.05, 3.63) is 35.6 Å². The van der Waals surface area contributed by atoms with Gasteiger partial charge in [-0.3, -0.25) is 9.52 Å². The third-order valence-electron chi connectivity index (χ3n) is 2.64. The number of hydrogen-bond acceptors (Lipinski definition) is 6. The van der Waals surface area contributed by atoms with Crippen LogP contribution < -0.4 is 10.5 Å². The first-order valence-electron chi connectivity index (χ1n) is 5.85. The summed E-state index contributed by atoms with van der Waals surface area (Å²) in [5.41, 5.74) is 6.18. The summed E-state index contributed by atoms with van der Waals surface area (Å²) in [6.45, 7) is 1.43. The second-order valence-corrected chi connectivity index (χ2v) is 5.95. The Hall–Kier alpha value is -2.55. The molecular weight excluding hydrogens is 298 g/mol. The van der Waals surface area contributed by atoms with Crippen LogP contribution in [0.4, 0.5) is 11.5 Å². The number of aromatic nitrogens is 1. The van der Waals surface area contributed by atoms with Crippen molar-refractivity contribution in [1.82, 2.24) is 5.16 Å². The molecule has 0 aliphatic heterocycles. The van der Waals surface area contributed by atoms with Gasteiger partial charge in [-0.05, 0) is 24.6 Å². The lowest BCUT2D eigenvalue weighted by Gasteiger charge is -2.08. The van der Waals surface area contributed by atoms with Crippen molar-refractivity contribution in [3.63, 3.8) is 0 Å². The van der Waals surface area contributed by atoms with Gasteiger partial charge in [-0.25, -0.2) is 8.42 Å². The number of hydrogen-bond donors (Lipinski definition) is 3. The molecule has 8 nitrogen and oxygen atoms in total. The van der Waals surface area contributed by atoms with Crippen molar-refractivity contribution in [3.8, 4) is 0 Å². The lowest BCUT2D eigenvalue weighted by Crippen LogP contribution is -2.15. The lowest BCUT2D eigenvalue weighted by atomic mass is 10.1. The second-order valence-electron chi connectivity index (χ2n) is 4.33. The van der Waals surface area contributed by atoms with Gasteiger partial charge in [0, 0.05) is 5.69 Å². The molecule has 1 heterocycles. The number of nitrogens with one attached hydrogen (secondary N) is 1. The van der Waals surface area contributed by atoms with Crippen LogP contribution in [0, 0.1) is 6.92 Å². The molecule has 0 radical (unpaired) electrons. The number of sulfonamides is 1. The molecule has 112 valence electrons. The summed E-state index contributed by atoms with van der Waals surface area (Å²) >= 11 is 0. The molecule has 0 aliphatic carbocycles. The molecule has 0 amide bonds. The van der Waals surface area contributed by atoms with Crippen LogP contribution in [0.15, 0.2) is 33.7 Å². The number of benzene rings is 1. The molecule has 0 atom stereocenters. The highest BCUT2D eigenvalue weighted by molar-refractivity contribution is 7.93. The zero-order valence-electron chi connectivity index (χ0n) is 11.0. The third kappa shape index (κ3) is 3.31. The largest absolute Gasteiger partial charge is 0.481 e. The van der Waals surface area contributed by atoms with Gasteiger partial charge in [0.05, 0.1) is 6.42 Å². The van der Waals surface area contributed by atoms with E-state index in [1.54, 1.807) is 12.1 Å². The van der Waals surface area contributed by atoms with Crippen LogP contribution in [0.2, 0.25) is 0 Å². The first-order chi connectivity index (χ1) is 9.79. The monoisotopic (exact) mass is 311 g/mol. The number of nitrogens with two attached hydrogens (primary N) is 1. The SMILES string of the molecule is Cc1onc(N)c1S(=O)(=O)Nc1cccc(CC(=O)O)c1. The summed E-state index contributed by atoms with van der Waals surface area (Å²) in [5, 5.41) is 12.1. The van der Waals surface area contributed by atoms with E-state index in [1.165, 1.54) is 19.1 Å². The van der Waals surface area contributed by atoms with Crippen LogP contribution in [-0.4, -0.2) is 24.7 Å². The fraction of sp³-hybridized carbons (Fsp3) is 0.167. The summed E-state index contributed by atoms with van der Waals surface area (Å²) in [5.74, 6) is -1.17. The average Bonchev–Trinajstić information content (AvgIpc) is 2.68. The van der Waals surface area contributed by atoms with Crippen LogP contribution in [0.1, 0.15) is 11.3 Å². The molecule has 1 aromatic carbocycles. The Bertz CT molecular complexity index is 762. The topological polar surface area (TPSA) is 136 Å². The van der Waals surface area contributed by atoms with Crippen LogP contribution in [-0.2, 0) is 21.2 Å². The van der Waals surface area contributed by atoms with E-state index in [9.17, 15) is 13.2 Å². The molecule has 0 saturated heterocycles. The maximum absolute atomic E-state index is 12.2. The number of carboxylic acids is 1. The predicted octanol–water partition coefficient (Wildman–Crippen LogP) is 0.993. The molecule has 0 fully saturated rings. The standard InChI is InChI=1S/C12H13N3O5S/c1-7-11(12(13)14-20-7)21(18,19)15-9-4-2-3-8(5-9)6-10(16)17/h2-5,15H,6H2,1H3,(H2,13,14)(H,16,17). The molecular formula is C12H13N3O5S. The molecule has 4 N–H and O–H groups in total. The Labute approximate surface area is 120 Å². The van der Waals surface area contributed by atoms with Crippen LogP contribution >= 0.6 is 0 Å². The number of rotatable bonds is 5. The zero-order valence-corrected chi connectivity index (χ0v) is 11.8. The normalized spacial score (nSPS) is 11.3. The third-order valence-corrected chi connectivity index (χ3v) is 4.18. The molecule has 9 heteroatoms. The minimum Gasteiger partial charge on any atom is -0.481 e. The van der Waals surface area contributed by atoms with Gasteiger partial charge in [0.2, 0.25) is 0 Å². The van der Waals surface area contributed by atoms with E-state index in [0.29, 0.717) is 5.56 Å². The molecule has 21 heavy (non-hydrogen) atoms. The van der Waals surface area contributed by atoms with Gasteiger partial charge in [0.25, 0.3) is 10.0 Å². The van der Waals surface area contributed by atoms with Crippen molar-refractivity contribution in [2.45, 2.75) is 18.2 Å². The molecule has 0 aliphatic rings. The molecule has 0 bridgehead atoms. The zero-order chi connectivity index (χ0) is 15.6. The van der Waals surface area contributed by atoms with Crippen molar-refractivity contribution in [2.75, 3.05) is 10.5 Å². The number of anilines is 2. The van der Waals surface area contributed by atoms with E-state index in [-0.39, 0.29) is 28.6 Å². The first kappa shape index (κ1) is 14.9. The van der Waals surface area contributed by atoms with E-state index < -0.39 is 16.0 Å². The number of carboxylic acid groups (broad SMARTS) is 1. The highest BCUT2D eigenvalue weighted by Gasteiger charge is 2.25. The van der Waals surface area contributed by atoms with Gasteiger partial charge in [0.1, 0.15) is 0 Å². The molecule has 0 saturated carbocycles. The Morgan fingerprint density at radius 2 is 2.19 bits per heavy atom. The fourth-order valence-corrected chi connectivity index (χ4v) is 3.10. The van der Waals surface area contributed by atoms with Crippen molar-refractivity contribution < 1.29 is 22.8 Å². The number of nitrogens with zero attached hydrogens (tertiary/aromatic N) is 1. The Kier molecular flexibility index (Phi) is 3.85. The molecule has 1 aromatic heterocycles. The average molecular weight is 311 g/mol. The van der Waals surface area contributed by atoms with Gasteiger partial charge in [0.15, 0.2) is 16.5 Å². The second kappa shape index (κ2) is 5.44.